The van der Waals surface area contributed by atoms with Crippen molar-refractivity contribution in [3.8, 4) is 0 Å². The molecule has 2 aliphatic rings. The number of nitrogens with one attached hydrogen (secondary N) is 2. The molecule has 25 heavy (non-hydrogen) atoms. The van der Waals surface area contributed by atoms with Gasteiger partial charge in [-0.25, -0.2) is 9.50 Å². The van der Waals surface area contributed by atoms with Crippen LogP contribution < -0.4 is 22.1 Å². The highest BCUT2D eigenvalue weighted by Crippen LogP contribution is 2.26. The molecule has 7 nitrogen and oxygen atoms in total. The van der Waals surface area contributed by atoms with Gasteiger partial charge in [-0.1, -0.05) is 0 Å². The van der Waals surface area contributed by atoms with E-state index in [-0.39, 0.29) is 0 Å². The van der Waals surface area contributed by atoms with Gasteiger partial charge >= 0.3 is 0 Å². The number of hydrogen-bond acceptors (Lipinski definition) is 6. The summed E-state index contributed by atoms with van der Waals surface area (Å²) in [5.41, 5.74) is 14.0. The van der Waals surface area contributed by atoms with Crippen LogP contribution in [-0.2, 0) is 0 Å². The van der Waals surface area contributed by atoms with Crippen LogP contribution in [0, 0.1) is 0 Å². The third-order valence-corrected chi connectivity index (χ3v) is 5.61. The summed E-state index contributed by atoms with van der Waals surface area (Å²) in [6, 6.07) is 3.73. The molecule has 0 unspecified atom stereocenters. The molecule has 6 N–H and O–H groups in total. The number of hydrogen-bond donors (Lipinski definition) is 4. The fourth-order valence-corrected chi connectivity index (χ4v) is 4.05. The monoisotopic (exact) mass is 343 g/mol. The Morgan fingerprint density at radius 3 is 2.12 bits per heavy atom. The van der Waals surface area contributed by atoms with Gasteiger partial charge in [-0.2, -0.15) is 0 Å². The Kier molecular flexibility index (Phi) is 4.76. The fourth-order valence-electron chi connectivity index (χ4n) is 4.05. The molecule has 2 fully saturated rings. The summed E-state index contributed by atoms with van der Waals surface area (Å²) in [5, 5.41) is 11.9. The van der Waals surface area contributed by atoms with Crippen molar-refractivity contribution < 1.29 is 0 Å². The van der Waals surface area contributed by atoms with Gasteiger partial charge in [-0.05, 0) is 51.4 Å². The predicted octanol–water partition coefficient (Wildman–Crippen LogP) is 2.09. The zero-order valence-electron chi connectivity index (χ0n) is 14.7. The summed E-state index contributed by atoms with van der Waals surface area (Å²) in [5.74, 6) is 0.904. The summed E-state index contributed by atoms with van der Waals surface area (Å²) in [6.07, 6.45) is 12.5. The molecule has 7 heteroatoms. The molecule has 0 aromatic carbocycles. The smallest absolute Gasteiger partial charge is 0.177 e. The maximum absolute atomic E-state index is 6.03. The molecule has 0 spiro atoms. The largest absolute Gasteiger partial charge is 0.379 e. The van der Waals surface area contributed by atoms with Crippen LogP contribution in [0.1, 0.15) is 51.4 Å². The van der Waals surface area contributed by atoms with Crippen molar-refractivity contribution in [3.05, 3.63) is 18.5 Å². The first-order chi connectivity index (χ1) is 12.2. The Labute approximate surface area is 148 Å². The van der Waals surface area contributed by atoms with Gasteiger partial charge in [0.25, 0.3) is 0 Å². The van der Waals surface area contributed by atoms with E-state index in [4.69, 9.17) is 11.5 Å². The molecule has 136 valence electrons. The van der Waals surface area contributed by atoms with Crippen LogP contribution in [0.5, 0.6) is 0 Å². The van der Waals surface area contributed by atoms with E-state index in [0.29, 0.717) is 24.2 Å². The second kappa shape index (κ2) is 7.17. The van der Waals surface area contributed by atoms with Crippen LogP contribution in [0.15, 0.2) is 18.5 Å². The maximum Gasteiger partial charge on any atom is 0.177 e. The van der Waals surface area contributed by atoms with E-state index in [0.717, 1.165) is 68.5 Å². The van der Waals surface area contributed by atoms with Crippen LogP contribution in [0.3, 0.4) is 0 Å². The van der Waals surface area contributed by atoms with Gasteiger partial charge in [-0.15, -0.1) is 5.10 Å². The summed E-state index contributed by atoms with van der Waals surface area (Å²) >= 11 is 0. The standard InChI is InChI=1S/C18H29N7/c19-12-1-5-14(6-2-12)22-16-11-17(24-25-10-9-21-18(16)25)23-15-7-3-13(20)4-8-15/h9-15,22H,1-8,19-20H2,(H,23,24)/t12-,13-,14-,15-. The van der Waals surface area contributed by atoms with Gasteiger partial charge < -0.3 is 22.1 Å². The van der Waals surface area contributed by atoms with Crippen molar-refractivity contribution in [1.29, 1.82) is 0 Å². The first kappa shape index (κ1) is 16.6. The number of anilines is 2. The van der Waals surface area contributed by atoms with Gasteiger partial charge in [0.05, 0.1) is 5.69 Å². The van der Waals surface area contributed by atoms with E-state index in [2.05, 4.69) is 26.8 Å². The van der Waals surface area contributed by atoms with Crippen molar-refractivity contribution in [2.45, 2.75) is 75.5 Å². The predicted molar refractivity (Wildman–Crippen MR) is 101 cm³/mol. The van der Waals surface area contributed by atoms with Crippen molar-refractivity contribution in [2.75, 3.05) is 10.6 Å². The molecule has 0 aliphatic heterocycles. The van der Waals surface area contributed by atoms with Crippen molar-refractivity contribution >= 4 is 17.2 Å². The average molecular weight is 343 g/mol. The topological polar surface area (TPSA) is 106 Å². The fraction of sp³-hybridized carbons (Fsp3) is 0.667. The molecule has 2 aromatic rings. The molecule has 2 aliphatic carbocycles. The Bertz CT molecular complexity index is 697. The second-order valence-corrected chi connectivity index (χ2v) is 7.65. The molecule has 4 rings (SSSR count). The number of aromatic nitrogens is 3. The lowest BCUT2D eigenvalue weighted by atomic mass is 9.91. The Hall–Kier alpha value is -1.86. The first-order valence-electron chi connectivity index (χ1n) is 9.56. The third-order valence-electron chi connectivity index (χ3n) is 5.61. The van der Waals surface area contributed by atoms with E-state index in [1.54, 1.807) is 6.20 Å². The molecule has 2 saturated carbocycles. The maximum atomic E-state index is 6.03. The summed E-state index contributed by atoms with van der Waals surface area (Å²) in [4.78, 5) is 4.47. The van der Waals surface area contributed by atoms with E-state index >= 15 is 0 Å². The third kappa shape index (κ3) is 3.88. The molecule has 2 aromatic heterocycles. The van der Waals surface area contributed by atoms with E-state index in [1.807, 2.05) is 10.7 Å². The minimum atomic E-state index is 0.358. The zero-order chi connectivity index (χ0) is 17.2. The Balaban J connectivity index is 1.50. The Morgan fingerprint density at radius 2 is 1.48 bits per heavy atom. The van der Waals surface area contributed by atoms with Gasteiger partial charge in [0, 0.05) is 42.6 Å². The highest BCUT2D eigenvalue weighted by Gasteiger charge is 2.21. The number of rotatable bonds is 4. The molecule has 0 atom stereocenters. The van der Waals surface area contributed by atoms with Gasteiger partial charge in [0.15, 0.2) is 5.65 Å². The van der Waals surface area contributed by atoms with Crippen LogP contribution >= 0.6 is 0 Å². The molecule has 0 amide bonds. The van der Waals surface area contributed by atoms with Gasteiger partial charge in [0.2, 0.25) is 0 Å². The second-order valence-electron chi connectivity index (χ2n) is 7.65. The van der Waals surface area contributed by atoms with E-state index in [1.165, 1.54) is 0 Å². The van der Waals surface area contributed by atoms with E-state index in [9.17, 15) is 0 Å². The van der Waals surface area contributed by atoms with Crippen molar-refractivity contribution in [3.63, 3.8) is 0 Å². The lowest BCUT2D eigenvalue weighted by Crippen LogP contribution is -2.33. The van der Waals surface area contributed by atoms with Crippen LogP contribution in [0.2, 0.25) is 0 Å². The normalized spacial score (nSPS) is 30.3. The molecule has 2 heterocycles. The highest BCUT2D eigenvalue weighted by atomic mass is 15.3. The minimum Gasteiger partial charge on any atom is -0.379 e. The van der Waals surface area contributed by atoms with Gasteiger partial charge in [-0.3, -0.25) is 0 Å². The number of nitrogens with zero attached hydrogens (tertiary/aromatic N) is 3. The van der Waals surface area contributed by atoms with Crippen molar-refractivity contribution in [2.24, 2.45) is 11.5 Å². The lowest BCUT2D eigenvalue weighted by molar-refractivity contribution is 0.409. The lowest BCUT2D eigenvalue weighted by Gasteiger charge is -2.29. The molecule has 0 radical (unpaired) electrons. The SMILES string of the molecule is N[C@H]1CC[C@H](Nc2cc(N[C@H]3CC[C@H](N)CC3)c3nccn3n2)CC1. The highest BCUT2D eigenvalue weighted by molar-refractivity contribution is 5.70. The Morgan fingerprint density at radius 1 is 0.880 bits per heavy atom. The van der Waals surface area contributed by atoms with Gasteiger partial charge in [0.1, 0.15) is 5.82 Å². The molecular formula is C18H29N7. The zero-order valence-corrected chi connectivity index (χ0v) is 14.7. The van der Waals surface area contributed by atoms with Crippen LogP contribution in [0.4, 0.5) is 11.5 Å². The minimum absolute atomic E-state index is 0.358. The van der Waals surface area contributed by atoms with Crippen LogP contribution in [0.25, 0.3) is 5.65 Å². The summed E-state index contributed by atoms with van der Waals surface area (Å²) < 4.78 is 1.85. The molecular weight excluding hydrogens is 314 g/mol. The quantitative estimate of drug-likeness (QED) is 0.677. The van der Waals surface area contributed by atoms with Crippen LogP contribution in [-0.4, -0.2) is 38.8 Å². The number of fused-ring (bicyclic) bond motifs is 1. The molecule has 0 bridgehead atoms. The average Bonchev–Trinajstić information content (AvgIpc) is 3.08. The summed E-state index contributed by atoms with van der Waals surface area (Å²) in [6.45, 7) is 0. The first-order valence-corrected chi connectivity index (χ1v) is 9.56. The van der Waals surface area contributed by atoms with Crippen molar-refractivity contribution in [1.82, 2.24) is 14.6 Å². The number of imidazole rings is 1. The van der Waals surface area contributed by atoms with E-state index < -0.39 is 0 Å². The number of nitrogens with two attached hydrogens (primary N) is 2. The summed E-state index contributed by atoms with van der Waals surface area (Å²) in [7, 11) is 0. The molecule has 0 saturated heterocycles.